The summed E-state index contributed by atoms with van der Waals surface area (Å²) in [5.74, 6) is 0. The van der Waals surface area contributed by atoms with E-state index in [-0.39, 0.29) is 0 Å². The quantitative estimate of drug-likeness (QED) is 0.879. The number of rotatable bonds is 4. The Morgan fingerprint density at radius 1 is 1.47 bits per heavy atom. The molecule has 0 aromatic carbocycles. The van der Waals surface area contributed by atoms with E-state index in [4.69, 9.17) is 4.74 Å². The van der Waals surface area contributed by atoms with Gasteiger partial charge in [0, 0.05) is 18.1 Å². The minimum Gasteiger partial charge on any atom is -0.388 e. The predicted octanol–water partition coefficient (Wildman–Crippen LogP) is 1.93. The van der Waals surface area contributed by atoms with Crippen molar-refractivity contribution in [2.24, 2.45) is 0 Å². The molecule has 92 valence electrons. The van der Waals surface area contributed by atoms with Gasteiger partial charge in [-0.15, -0.1) is 0 Å². The Hall–Kier alpha value is -1.39. The summed E-state index contributed by atoms with van der Waals surface area (Å²) >= 11 is 0. The van der Waals surface area contributed by atoms with Crippen molar-refractivity contribution < 1.29 is 9.84 Å². The van der Waals surface area contributed by atoms with E-state index in [9.17, 15) is 5.11 Å². The molecule has 0 spiro atoms. The van der Waals surface area contributed by atoms with E-state index in [2.05, 4.69) is 4.98 Å². The minimum absolute atomic E-state index is 0.325. The van der Waals surface area contributed by atoms with Crippen LogP contribution in [-0.2, 0) is 11.3 Å². The van der Waals surface area contributed by atoms with Gasteiger partial charge in [-0.25, -0.2) is 4.98 Å². The SMILES string of the molecule is Cc1cnc2cc(COCC(C)(C)O)ccn12. The lowest BCUT2D eigenvalue weighted by atomic mass is 10.2. The lowest BCUT2D eigenvalue weighted by molar-refractivity contribution is -0.0268. The van der Waals surface area contributed by atoms with Crippen LogP contribution >= 0.6 is 0 Å². The number of aryl methyl sites for hydroxylation is 1. The van der Waals surface area contributed by atoms with Crippen molar-refractivity contribution in [3.8, 4) is 0 Å². The van der Waals surface area contributed by atoms with Gasteiger partial charge in [-0.05, 0) is 38.5 Å². The molecule has 0 aliphatic rings. The first-order valence-corrected chi connectivity index (χ1v) is 5.68. The Morgan fingerprint density at radius 2 is 2.24 bits per heavy atom. The summed E-state index contributed by atoms with van der Waals surface area (Å²) in [5, 5.41) is 9.53. The zero-order chi connectivity index (χ0) is 12.5. The van der Waals surface area contributed by atoms with Crippen molar-refractivity contribution in [1.29, 1.82) is 0 Å². The normalized spacial score (nSPS) is 12.2. The molecule has 0 fully saturated rings. The van der Waals surface area contributed by atoms with Crippen LogP contribution in [-0.4, -0.2) is 26.7 Å². The molecule has 0 atom stereocenters. The molecule has 0 aliphatic carbocycles. The first-order chi connectivity index (χ1) is 7.96. The van der Waals surface area contributed by atoms with Crippen molar-refractivity contribution in [1.82, 2.24) is 9.38 Å². The summed E-state index contributed by atoms with van der Waals surface area (Å²) in [7, 11) is 0. The standard InChI is InChI=1S/C13H18N2O2/c1-10-7-14-12-6-11(4-5-15(10)12)8-17-9-13(2,3)16/h4-7,16H,8-9H2,1-3H3. The number of pyridine rings is 1. The molecule has 2 aromatic rings. The number of imidazole rings is 1. The molecule has 1 N–H and O–H groups in total. The van der Waals surface area contributed by atoms with Gasteiger partial charge in [0.25, 0.3) is 0 Å². The number of hydrogen-bond acceptors (Lipinski definition) is 3. The molecule has 2 aromatic heterocycles. The van der Waals surface area contributed by atoms with E-state index >= 15 is 0 Å². The molecule has 17 heavy (non-hydrogen) atoms. The molecule has 0 unspecified atom stereocenters. The summed E-state index contributed by atoms with van der Waals surface area (Å²) in [5.41, 5.74) is 2.32. The molecule has 0 radical (unpaired) electrons. The van der Waals surface area contributed by atoms with Gasteiger partial charge in [0.2, 0.25) is 0 Å². The Bertz CT molecular complexity index is 512. The van der Waals surface area contributed by atoms with Crippen LogP contribution in [0.15, 0.2) is 24.5 Å². The van der Waals surface area contributed by atoms with Crippen LogP contribution in [0.3, 0.4) is 0 Å². The van der Waals surface area contributed by atoms with Gasteiger partial charge < -0.3 is 14.2 Å². The van der Waals surface area contributed by atoms with E-state index in [1.165, 1.54) is 0 Å². The average molecular weight is 234 g/mol. The van der Waals surface area contributed by atoms with Crippen molar-refractivity contribution in [3.05, 3.63) is 35.8 Å². The monoisotopic (exact) mass is 234 g/mol. The largest absolute Gasteiger partial charge is 0.388 e. The summed E-state index contributed by atoms with van der Waals surface area (Å²) in [6.07, 6.45) is 3.83. The number of aromatic nitrogens is 2. The van der Waals surface area contributed by atoms with Gasteiger partial charge in [0.1, 0.15) is 5.65 Å². The van der Waals surface area contributed by atoms with Crippen LogP contribution in [0.25, 0.3) is 5.65 Å². The van der Waals surface area contributed by atoms with Crippen molar-refractivity contribution in [2.45, 2.75) is 33.0 Å². The Labute approximate surface area is 101 Å². The lowest BCUT2D eigenvalue weighted by Gasteiger charge is -2.16. The van der Waals surface area contributed by atoms with E-state index < -0.39 is 5.60 Å². The fraction of sp³-hybridized carbons (Fsp3) is 0.462. The molecule has 0 saturated heterocycles. The molecule has 0 aliphatic heterocycles. The molecule has 2 heterocycles. The van der Waals surface area contributed by atoms with E-state index in [0.29, 0.717) is 13.2 Å². The zero-order valence-electron chi connectivity index (χ0n) is 10.5. The summed E-state index contributed by atoms with van der Waals surface area (Å²) in [6, 6.07) is 4.00. The van der Waals surface area contributed by atoms with Gasteiger partial charge in [0.05, 0.1) is 18.8 Å². The average Bonchev–Trinajstić information content (AvgIpc) is 2.58. The minimum atomic E-state index is -0.784. The smallest absolute Gasteiger partial charge is 0.137 e. The highest BCUT2D eigenvalue weighted by atomic mass is 16.5. The maximum Gasteiger partial charge on any atom is 0.137 e. The molecular formula is C13H18N2O2. The number of ether oxygens (including phenoxy) is 1. The van der Waals surface area contributed by atoms with Gasteiger partial charge in [-0.3, -0.25) is 0 Å². The van der Waals surface area contributed by atoms with E-state index in [1.54, 1.807) is 13.8 Å². The molecule has 4 heteroatoms. The van der Waals surface area contributed by atoms with E-state index in [1.807, 2.05) is 35.9 Å². The number of aliphatic hydroxyl groups is 1. The van der Waals surface area contributed by atoms with Gasteiger partial charge in [-0.1, -0.05) is 0 Å². The summed E-state index contributed by atoms with van der Waals surface area (Å²) in [6.45, 7) is 6.30. The van der Waals surface area contributed by atoms with E-state index in [0.717, 1.165) is 16.9 Å². The van der Waals surface area contributed by atoms with Crippen LogP contribution in [0.4, 0.5) is 0 Å². The van der Waals surface area contributed by atoms with Crippen LogP contribution < -0.4 is 0 Å². The third kappa shape index (κ3) is 3.05. The molecule has 0 bridgehead atoms. The number of fused-ring (bicyclic) bond motifs is 1. The van der Waals surface area contributed by atoms with Gasteiger partial charge in [-0.2, -0.15) is 0 Å². The van der Waals surface area contributed by atoms with Gasteiger partial charge in [0.15, 0.2) is 0 Å². The van der Waals surface area contributed by atoms with Crippen LogP contribution in [0.5, 0.6) is 0 Å². The lowest BCUT2D eigenvalue weighted by Crippen LogP contribution is -2.25. The number of hydrogen-bond donors (Lipinski definition) is 1. The molecule has 4 nitrogen and oxygen atoms in total. The maximum atomic E-state index is 9.53. The fourth-order valence-electron chi connectivity index (χ4n) is 1.66. The molecular weight excluding hydrogens is 216 g/mol. The van der Waals surface area contributed by atoms with Crippen LogP contribution in [0.1, 0.15) is 25.1 Å². The summed E-state index contributed by atoms with van der Waals surface area (Å²) < 4.78 is 7.48. The maximum absolute atomic E-state index is 9.53. The first-order valence-electron chi connectivity index (χ1n) is 5.68. The summed E-state index contributed by atoms with van der Waals surface area (Å²) in [4.78, 5) is 4.29. The second-order valence-corrected chi connectivity index (χ2v) is 4.97. The third-order valence-corrected chi connectivity index (χ3v) is 2.49. The second kappa shape index (κ2) is 4.47. The predicted molar refractivity (Wildman–Crippen MR) is 65.9 cm³/mol. The highest BCUT2D eigenvalue weighted by Gasteiger charge is 2.12. The van der Waals surface area contributed by atoms with Crippen molar-refractivity contribution in [3.63, 3.8) is 0 Å². The van der Waals surface area contributed by atoms with Crippen molar-refractivity contribution in [2.75, 3.05) is 6.61 Å². The van der Waals surface area contributed by atoms with Crippen molar-refractivity contribution >= 4 is 5.65 Å². The Balaban J connectivity index is 2.04. The topological polar surface area (TPSA) is 46.8 Å². The third-order valence-electron chi connectivity index (χ3n) is 2.49. The fourth-order valence-corrected chi connectivity index (χ4v) is 1.66. The number of nitrogens with zero attached hydrogens (tertiary/aromatic N) is 2. The zero-order valence-corrected chi connectivity index (χ0v) is 10.5. The van der Waals surface area contributed by atoms with Crippen LogP contribution in [0.2, 0.25) is 0 Å². The molecule has 0 amide bonds. The van der Waals surface area contributed by atoms with Gasteiger partial charge >= 0.3 is 0 Å². The first kappa shape index (κ1) is 12.1. The highest BCUT2D eigenvalue weighted by Crippen LogP contribution is 2.11. The molecule has 2 rings (SSSR count). The Morgan fingerprint density at radius 3 is 2.94 bits per heavy atom. The second-order valence-electron chi connectivity index (χ2n) is 4.97. The Kier molecular flexibility index (Phi) is 3.17. The molecule has 0 saturated carbocycles. The van der Waals surface area contributed by atoms with Crippen LogP contribution in [0, 0.1) is 6.92 Å². The highest BCUT2D eigenvalue weighted by molar-refractivity contribution is 5.42.